The van der Waals surface area contributed by atoms with Crippen molar-refractivity contribution in [2.75, 3.05) is 26.2 Å². The number of hydrogen-bond donors (Lipinski definition) is 1. The molecule has 1 aliphatic heterocycles. The van der Waals surface area contributed by atoms with E-state index in [2.05, 4.69) is 0 Å². The van der Waals surface area contributed by atoms with Gasteiger partial charge < -0.3 is 20.1 Å². The molecular formula is C13H26N2O3. The Kier molecular flexibility index (Phi) is 5.88. The van der Waals surface area contributed by atoms with Crippen molar-refractivity contribution < 1.29 is 14.3 Å². The van der Waals surface area contributed by atoms with E-state index in [-0.39, 0.29) is 12.2 Å². The minimum Gasteiger partial charge on any atom is -0.444 e. The first kappa shape index (κ1) is 15.2. The van der Waals surface area contributed by atoms with Crippen LogP contribution in [0.2, 0.25) is 0 Å². The van der Waals surface area contributed by atoms with Crippen LogP contribution in [0.1, 0.15) is 40.0 Å². The van der Waals surface area contributed by atoms with Gasteiger partial charge in [-0.2, -0.15) is 0 Å². The van der Waals surface area contributed by atoms with E-state index in [1.807, 2.05) is 20.8 Å². The third-order valence-electron chi connectivity index (χ3n) is 2.80. The summed E-state index contributed by atoms with van der Waals surface area (Å²) in [7, 11) is 0. The Morgan fingerprint density at radius 2 is 2.06 bits per heavy atom. The molecule has 1 saturated heterocycles. The number of hydrogen-bond acceptors (Lipinski definition) is 4. The highest BCUT2D eigenvalue weighted by Gasteiger charge is 2.25. The van der Waals surface area contributed by atoms with Crippen LogP contribution in [-0.4, -0.2) is 48.9 Å². The molecule has 1 atom stereocenters. The molecule has 1 aliphatic rings. The number of rotatable bonds is 3. The highest BCUT2D eigenvalue weighted by atomic mass is 16.6. The van der Waals surface area contributed by atoms with Gasteiger partial charge in [0.15, 0.2) is 0 Å². The molecule has 0 aromatic heterocycles. The summed E-state index contributed by atoms with van der Waals surface area (Å²) in [5.41, 5.74) is 4.99. The van der Waals surface area contributed by atoms with Crippen LogP contribution in [0.25, 0.3) is 0 Å². The molecule has 1 amide bonds. The standard InChI is InChI=1S/C13H26N2O3/c1-13(2,3)18-12(16)15-8-4-5-11(6-9-15)17-10-7-14/h11H,4-10,14H2,1-3H3. The van der Waals surface area contributed by atoms with E-state index in [0.717, 1.165) is 25.8 Å². The van der Waals surface area contributed by atoms with E-state index >= 15 is 0 Å². The van der Waals surface area contributed by atoms with Crippen molar-refractivity contribution in [1.29, 1.82) is 0 Å². The molecule has 0 bridgehead atoms. The van der Waals surface area contributed by atoms with Crippen LogP contribution < -0.4 is 5.73 Å². The number of amides is 1. The number of likely N-dealkylation sites (tertiary alicyclic amines) is 1. The Labute approximate surface area is 110 Å². The first-order valence-corrected chi connectivity index (χ1v) is 6.72. The van der Waals surface area contributed by atoms with Gasteiger partial charge in [-0.15, -0.1) is 0 Å². The molecule has 1 rings (SSSR count). The number of carbonyl (C=O) groups is 1. The molecule has 5 nitrogen and oxygen atoms in total. The summed E-state index contributed by atoms with van der Waals surface area (Å²) in [6.07, 6.45) is 2.80. The third kappa shape index (κ3) is 5.69. The topological polar surface area (TPSA) is 64.8 Å². The van der Waals surface area contributed by atoms with Crippen LogP contribution in [0.4, 0.5) is 4.79 Å². The van der Waals surface area contributed by atoms with Gasteiger partial charge in [0.25, 0.3) is 0 Å². The second-order valence-corrected chi connectivity index (χ2v) is 5.68. The van der Waals surface area contributed by atoms with Crippen molar-refractivity contribution >= 4 is 6.09 Å². The van der Waals surface area contributed by atoms with Gasteiger partial charge in [-0.05, 0) is 40.0 Å². The molecule has 0 spiro atoms. The summed E-state index contributed by atoms with van der Waals surface area (Å²) in [4.78, 5) is 13.7. The second-order valence-electron chi connectivity index (χ2n) is 5.68. The maximum atomic E-state index is 11.9. The molecule has 1 fully saturated rings. The second kappa shape index (κ2) is 6.95. The van der Waals surface area contributed by atoms with Gasteiger partial charge in [0.2, 0.25) is 0 Å². The van der Waals surface area contributed by atoms with Crippen molar-refractivity contribution in [3.63, 3.8) is 0 Å². The summed E-state index contributed by atoms with van der Waals surface area (Å²) in [5.74, 6) is 0. The van der Waals surface area contributed by atoms with Crippen molar-refractivity contribution in [3.05, 3.63) is 0 Å². The lowest BCUT2D eigenvalue weighted by atomic mass is 10.2. The zero-order valence-corrected chi connectivity index (χ0v) is 11.8. The van der Waals surface area contributed by atoms with Crippen LogP contribution in [0.15, 0.2) is 0 Å². The summed E-state index contributed by atoms with van der Waals surface area (Å²) in [5, 5.41) is 0. The average molecular weight is 258 g/mol. The monoisotopic (exact) mass is 258 g/mol. The van der Waals surface area contributed by atoms with Crippen LogP contribution in [0, 0.1) is 0 Å². The fourth-order valence-electron chi connectivity index (χ4n) is 1.98. The zero-order valence-electron chi connectivity index (χ0n) is 11.8. The Morgan fingerprint density at radius 3 is 2.67 bits per heavy atom. The predicted molar refractivity (Wildman–Crippen MR) is 70.5 cm³/mol. The molecule has 18 heavy (non-hydrogen) atoms. The van der Waals surface area contributed by atoms with Gasteiger partial charge >= 0.3 is 6.09 Å². The van der Waals surface area contributed by atoms with Crippen LogP contribution in [0.3, 0.4) is 0 Å². The molecule has 5 heteroatoms. The normalized spacial score (nSPS) is 21.6. The van der Waals surface area contributed by atoms with Gasteiger partial charge in [0, 0.05) is 19.6 Å². The van der Waals surface area contributed by atoms with Crippen molar-refractivity contribution in [1.82, 2.24) is 4.90 Å². The Bertz CT molecular complexity index is 263. The zero-order chi connectivity index (χ0) is 13.6. The maximum absolute atomic E-state index is 11.9. The van der Waals surface area contributed by atoms with Crippen molar-refractivity contribution in [2.45, 2.75) is 51.7 Å². The third-order valence-corrected chi connectivity index (χ3v) is 2.80. The summed E-state index contributed by atoms with van der Waals surface area (Å²) in [6, 6.07) is 0. The molecule has 0 radical (unpaired) electrons. The first-order valence-electron chi connectivity index (χ1n) is 6.72. The van der Waals surface area contributed by atoms with Crippen LogP contribution in [0.5, 0.6) is 0 Å². The smallest absolute Gasteiger partial charge is 0.410 e. The van der Waals surface area contributed by atoms with Gasteiger partial charge in [0.05, 0.1) is 12.7 Å². The number of ether oxygens (including phenoxy) is 2. The van der Waals surface area contributed by atoms with E-state index in [4.69, 9.17) is 15.2 Å². The number of nitrogens with zero attached hydrogens (tertiary/aromatic N) is 1. The van der Waals surface area contributed by atoms with E-state index < -0.39 is 5.60 Å². The molecule has 1 heterocycles. The Balaban J connectivity index is 2.39. The lowest BCUT2D eigenvalue weighted by molar-refractivity contribution is 0.0226. The Hall–Kier alpha value is -0.810. The maximum Gasteiger partial charge on any atom is 0.410 e. The fourth-order valence-corrected chi connectivity index (χ4v) is 1.98. The highest BCUT2D eigenvalue weighted by Crippen LogP contribution is 2.17. The Morgan fingerprint density at radius 1 is 1.33 bits per heavy atom. The van der Waals surface area contributed by atoms with Gasteiger partial charge in [-0.25, -0.2) is 4.79 Å². The molecule has 0 saturated carbocycles. The molecule has 106 valence electrons. The minimum atomic E-state index is -0.432. The predicted octanol–water partition coefficient (Wildman–Crippen LogP) is 1.75. The van der Waals surface area contributed by atoms with Gasteiger partial charge in [0.1, 0.15) is 5.60 Å². The van der Waals surface area contributed by atoms with Gasteiger partial charge in [-0.3, -0.25) is 0 Å². The summed E-state index contributed by atoms with van der Waals surface area (Å²) < 4.78 is 11.0. The SMILES string of the molecule is CC(C)(C)OC(=O)N1CCCC(OCCN)CC1. The van der Waals surface area contributed by atoms with Crippen molar-refractivity contribution in [3.8, 4) is 0 Å². The first-order chi connectivity index (χ1) is 8.42. The quantitative estimate of drug-likeness (QED) is 0.837. The fraction of sp³-hybridized carbons (Fsp3) is 0.923. The number of nitrogens with two attached hydrogens (primary N) is 1. The molecule has 0 aliphatic carbocycles. The number of carbonyl (C=O) groups excluding carboxylic acids is 1. The largest absolute Gasteiger partial charge is 0.444 e. The lowest BCUT2D eigenvalue weighted by Gasteiger charge is -2.26. The molecule has 1 unspecified atom stereocenters. The molecule has 2 N–H and O–H groups in total. The highest BCUT2D eigenvalue weighted by molar-refractivity contribution is 5.68. The molecule has 0 aromatic carbocycles. The van der Waals surface area contributed by atoms with Gasteiger partial charge in [-0.1, -0.05) is 0 Å². The molecule has 0 aromatic rings. The van der Waals surface area contributed by atoms with E-state index in [1.54, 1.807) is 4.90 Å². The van der Waals surface area contributed by atoms with E-state index in [0.29, 0.717) is 19.7 Å². The van der Waals surface area contributed by atoms with Crippen LogP contribution in [-0.2, 0) is 9.47 Å². The lowest BCUT2D eigenvalue weighted by Crippen LogP contribution is -2.37. The molecular weight excluding hydrogens is 232 g/mol. The van der Waals surface area contributed by atoms with Crippen molar-refractivity contribution in [2.24, 2.45) is 5.73 Å². The average Bonchev–Trinajstić information content (AvgIpc) is 2.49. The van der Waals surface area contributed by atoms with Crippen LogP contribution >= 0.6 is 0 Å². The summed E-state index contributed by atoms with van der Waals surface area (Å²) >= 11 is 0. The van der Waals surface area contributed by atoms with E-state index in [1.165, 1.54) is 0 Å². The summed E-state index contributed by atoms with van der Waals surface area (Å²) in [6.45, 7) is 8.24. The minimum absolute atomic E-state index is 0.220. The van der Waals surface area contributed by atoms with E-state index in [9.17, 15) is 4.79 Å².